The molecule has 1 aromatic carbocycles. The fraction of sp³-hybridized carbons (Fsp3) is 0. The first kappa shape index (κ1) is 10.2. The molecule has 0 heterocycles. The first-order valence-electron chi connectivity index (χ1n) is 3.33. The van der Waals surface area contributed by atoms with Crippen LogP contribution in [-0.4, -0.2) is 13.0 Å². The highest BCUT2D eigenvalue weighted by Crippen LogP contribution is 2.19. The third kappa shape index (κ3) is 2.55. The lowest BCUT2D eigenvalue weighted by Gasteiger charge is -2.01. The minimum atomic E-state index is -4.21. The molecule has 0 radical (unpaired) electrons. The summed E-state index contributed by atoms with van der Waals surface area (Å²) in [5, 5.41) is 0.492. The van der Waals surface area contributed by atoms with Gasteiger partial charge in [0.25, 0.3) is 10.1 Å². The molecule has 0 aromatic heterocycles. The number of hydrogen-bond acceptors (Lipinski definition) is 2. The van der Waals surface area contributed by atoms with Crippen LogP contribution in [0.5, 0.6) is 0 Å². The summed E-state index contributed by atoms with van der Waals surface area (Å²) in [4.78, 5) is -0.329. The number of benzene rings is 1. The molecule has 0 atom stereocenters. The molecule has 0 saturated carbocycles. The molecule has 0 aliphatic carbocycles. The lowest BCUT2D eigenvalue weighted by Crippen LogP contribution is -1.99. The maximum atomic E-state index is 10.6. The highest BCUT2D eigenvalue weighted by atomic mass is 35.5. The van der Waals surface area contributed by atoms with Crippen molar-refractivity contribution in [1.82, 2.24) is 0 Å². The van der Waals surface area contributed by atoms with E-state index in [1.807, 2.05) is 0 Å². The van der Waals surface area contributed by atoms with Gasteiger partial charge in [0.2, 0.25) is 0 Å². The van der Waals surface area contributed by atoms with Crippen molar-refractivity contribution in [2.45, 2.75) is 0 Å². The van der Waals surface area contributed by atoms with Gasteiger partial charge in [0.05, 0.1) is 4.91 Å². The molecule has 1 aromatic rings. The van der Waals surface area contributed by atoms with Gasteiger partial charge in [-0.2, -0.15) is 8.42 Å². The molecule has 0 saturated heterocycles. The summed E-state index contributed by atoms with van der Waals surface area (Å²) in [7, 11) is -4.21. The van der Waals surface area contributed by atoms with E-state index in [1.54, 1.807) is 0 Å². The topological polar surface area (TPSA) is 54.4 Å². The lowest BCUT2D eigenvalue weighted by atomic mass is 10.2. The zero-order valence-electron chi connectivity index (χ0n) is 6.57. The first-order valence-corrected chi connectivity index (χ1v) is 5.15. The summed E-state index contributed by atoms with van der Waals surface area (Å²) in [6.07, 6.45) is 0. The van der Waals surface area contributed by atoms with Crippen LogP contribution in [0.25, 0.3) is 4.91 Å². The Morgan fingerprint density at radius 2 is 1.77 bits per heavy atom. The van der Waals surface area contributed by atoms with E-state index in [1.165, 1.54) is 24.3 Å². The molecule has 0 fully saturated rings. The highest BCUT2D eigenvalue weighted by molar-refractivity contribution is 7.95. The Balaban J connectivity index is 3.12. The number of halogens is 1. The molecule has 0 bridgehead atoms. The van der Waals surface area contributed by atoms with E-state index in [0.29, 0.717) is 10.6 Å². The number of rotatable bonds is 2. The Labute approximate surface area is 81.4 Å². The quantitative estimate of drug-likeness (QED) is 0.775. The fourth-order valence-corrected chi connectivity index (χ4v) is 1.34. The van der Waals surface area contributed by atoms with Gasteiger partial charge >= 0.3 is 0 Å². The molecule has 0 amide bonds. The molecule has 1 N–H and O–H groups in total. The highest BCUT2D eigenvalue weighted by Gasteiger charge is 2.12. The van der Waals surface area contributed by atoms with Gasteiger partial charge in [-0.1, -0.05) is 30.3 Å². The van der Waals surface area contributed by atoms with E-state index in [2.05, 4.69) is 6.58 Å². The predicted molar refractivity (Wildman–Crippen MR) is 52.0 cm³/mol. The molecule has 13 heavy (non-hydrogen) atoms. The van der Waals surface area contributed by atoms with Crippen LogP contribution in [0.3, 0.4) is 0 Å². The van der Waals surface area contributed by atoms with Gasteiger partial charge in [0, 0.05) is 5.02 Å². The average Bonchev–Trinajstić information content (AvgIpc) is 2.03. The normalized spacial score (nSPS) is 11.2. The second-order valence-corrected chi connectivity index (χ2v) is 4.28. The van der Waals surface area contributed by atoms with Crippen LogP contribution in [0.4, 0.5) is 0 Å². The van der Waals surface area contributed by atoms with Crippen LogP contribution in [0.2, 0.25) is 5.02 Å². The monoisotopic (exact) mass is 218 g/mol. The maximum absolute atomic E-state index is 10.6. The molecule has 70 valence electrons. The summed E-state index contributed by atoms with van der Waals surface area (Å²) in [6, 6.07) is 5.98. The second-order valence-electron chi connectivity index (χ2n) is 2.41. The predicted octanol–water partition coefficient (Wildman–Crippen LogP) is 2.20. The first-order chi connectivity index (χ1) is 5.91. The zero-order valence-corrected chi connectivity index (χ0v) is 8.14. The van der Waals surface area contributed by atoms with Crippen molar-refractivity contribution < 1.29 is 13.0 Å². The Morgan fingerprint density at radius 1 is 1.31 bits per heavy atom. The van der Waals surface area contributed by atoms with Gasteiger partial charge in [0.1, 0.15) is 0 Å². The van der Waals surface area contributed by atoms with Gasteiger partial charge in [-0.15, -0.1) is 0 Å². The molecule has 0 spiro atoms. The van der Waals surface area contributed by atoms with Crippen molar-refractivity contribution in [3.8, 4) is 0 Å². The van der Waals surface area contributed by atoms with Gasteiger partial charge < -0.3 is 0 Å². The van der Waals surface area contributed by atoms with Crippen LogP contribution in [0, 0.1) is 0 Å². The van der Waals surface area contributed by atoms with E-state index in [9.17, 15) is 8.42 Å². The second kappa shape index (κ2) is 3.49. The minimum Gasteiger partial charge on any atom is -0.282 e. The minimum absolute atomic E-state index is 0.326. The zero-order chi connectivity index (χ0) is 10.1. The van der Waals surface area contributed by atoms with Crippen molar-refractivity contribution in [3.05, 3.63) is 41.4 Å². The molecule has 0 unspecified atom stereocenters. The summed E-state index contributed by atoms with van der Waals surface area (Å²) in [5.41, 5.74) is 0.326. The van der Waals surface area contributed by atoms with Crippen LogP contribution in [-0.2, 0) is 10.1 Å². The van der Waals surface area contributed by atoms with Crippen molar-refractivity contribution in [3.63, 3.8) is 0 Å². The van der Waals surface area contributed by atoms with Gasteiger partial charge in [0.15, 0.2) is 0 Å². The van der Waals surface area contributed by atoms with Crippen molar-refractivity contribution >= 4 is 26.6 Å². The van der Waals surface area contributed by atoms with Crippen molar-refractivity contribution in [1.29, 1.82) is 0 Å². The largest absolute Gasteiger partial charge is 0.294 e. The molecule has 3 nitrogen and oxygen atoms in total. The van der Waals surface area contributed by atoms with Crippen molar-refractivity contribution in [2.24, 2.45) is 0 Å². The van der Waals surface area contributed by atoms with Gasteiger partial charge in [-0.25, -0.2) is 0 Å². The summed E-state index contributed by atoms with van der Waals surface area (Å²) < 4.78 is 29.9. The molecule has 0 aliphatic heterocycles. The molecule has 5 heteroatoms. The van der Waals surface area contributed by atoms with Gasteiger partial charge in [-0.3, -0.25) is 4.55 Å². The summed E-state index contributed by atoms with van der Waals surface area (Å²) >= 11 is 5.59. The van der Waals surface area contributed by atoms with Crippen molar-refractivity contribution in [2.75, 3.05) is 0 Å². The summed E-state index contributed by atoms with van der Waals surface area (Å²) in [6.45, 7) is 3.24. The SMILES string of the molecule is C=C(c1ccc(Cl)cc1)S(=O)(=O)O. The number of hydrogen-bond donors (Lipinski definition) is 1. The van der Waals surface area contributed by atoms with Crippen LogP contribution in [0.15, 0.2) is 30.8 Å². The van der Waals surface area contributed by atoms with Crippen LogP contribution >= 0.6 is 11.6 Å². The molecular formula is C8H7ClO3S. The third-order valence-corrected chi connectivity index (χ3v) is 2.59. The van der Waals surface area contributed by atoms with E-state index in [-0.39, 0.29) is 4.91 Å². The molecule has 1 rings (SSSR count). The van der Waals surface area contributed by atoms with E-state index in [4.69, 9.17) is 16.2 Å². The molecular weight excluding hydrogens is 212 g/mol. The van der Waals surface area contributed by atoms with Crippen LogP contribution < -0.4 is 0 Å². The maximum Gasteiger partial charge on any atom is 0.294 e. The van der Waals surface area contributed by atoms with E-state index >= 15 is 0 Å². The smallest absolute Gasteiger partial charge is 0.282 e. The Morgan fingerprint density at radius 3 is 2.15 bits per heavy atom. The van der Waals surface area contributed by atoms with Crippen LogP contribution in [0.1, 0.15) is 5.56 Å². The van der Waals surface area contributed by atoms with E-state index < -0.39 is 10.1 Å². The fourth-order valence-electron chi connectivity index (χ4n) is 0.785. The lowest BCUT2D eigenvalue weighted by molar-refractivity contribution is 0.496. The third-order valence-electron chi connectivity index (χ3n) is 1.48. The molecule has 0 aliphatic rings. The summed E-state index contributed by atoms with van der Waals surface area (Å²) in [5.74, 6) is 0. The van der Waals surface area contributed by atoms with E-state index in [0.717, 1.165) is 0 Å². The van der Waals surface area contributed by atoms with Gasteiger partial charge in [-0.05, 0) is 17.7 Å². The standard InChI is InChI=1S/C8H7ClO3S/c1-6(13(10,11)12)7-2-4-8(9)5-3-7/h2-5H,1H2,(H,10,11,12). The Kier molecular flexibility index (Phi) is 2.75. The Hall–Kier alpha value is -0.840. The Bertz CT molecular complexity index is 419. The average molecular weight is 219 g/mol.